The van der Waals surface area contributed by atoms with Crippen LogP contribution >= 0.6 is 12.4 Å². The van der Waals surface area contributed by atoms with Gasteiger partial charge < -0.3 is 20.7 Å². The largest absolute Gasteiger partial charge is 0.490 e. The van der Waals surface area contributed by atoms with Gasteiger partial charge in [0.05, 0.1) is 13.1 Å². The molecular weight excluding hydrogens is 325 g/mol. The van der Waals surface area contributed by atoms with E-state index < -0.39 is 0 Å². The van der Waals surface area contributed by atoms with Gasteiger partial charge in [-0.15, -0.1) is 12.4 Å². The van der Waals surface area contributed by atoms with Gasteiger partial charge in [-0.2, -0.15) is 0 Å². The summed E-state index contributed by atoms with van der Waals surface area (Å²) in [4.78, 5) is 24.6. The lowest BCUT2D eigenvalue weighted by Gasteiger charge is -2.32. The van der Waals surface area contributed by atoms with Gasteiger partial charge >= 0.3 is 0 Å². The predicted octanol–water partition coefficient (Wildman–Crippen LogP) is 0.692. The number of piperidine rings is 1. The highest BCUT2D eigenvalue weighted by Crippen LogP contribution is 2.19. The molecule has 0 radical (unpaired) electrons. The van der Waals surface area contributed by atoms with Crippen LogP contribution in [0, 0.1) is 5.82 Å². The van der Waals surface area contributed by atoms with Crippen LogP contribution in [0.4, 0.5) is 4.39 Å². The maximum atomic E-state index is 12.8. The first-order valence-electron chi connectivity index (χ1n) is 7.25. The summed E-state index contributed by atoms with van der Waals surface area (Å²) in [5.41, 5.74) is 5.16. The first-order chi connectivity index (χ1) is 10.6. The number of amides is 2. The molecule has 0 atom stereocenters. The molecule has 1 aliphatic rings. The zero-order chi connectivity index (χ0) is 15.9. The van der Waals surface area contributed by atoms with E-state index in [-0.39, 0.29) is 49.2 Å². The van der Waals surface area contributed by atoms with Gasteiger partial charge in [0.2, 0.25) is 11.8 Å². The van der Waals surface area contributed by atoms with Gasteiger partial charge in [-0.05, 0) is 24.3 Å². The molecule has 1 heterocycles. The molecule has 0 spiro atoms. The van der Waals surface area contributed by atoms with Crippen LogP contribution in [-0.4, -0.2) is 49.0 Å². The number of nitrogens with two attached hydrogens (primary N) is 1. The molecule has 128 valence electrons. The number of carbonyl (C=O) groups is 2. The van der Waals surface area contributed by atoms with Gasteiger partial charge in [0.25, 0.3) is 0 Å². The third-order valence-electron chi connectivity index (χ3n) is 3.53. The van der Waals surface area contributed by atoms with Crippen molar-refractivity contribution in [1.82, 2.24) is 10.2 Å². The van der Waals surface area contributed by atoms with Crippen LogP contribution < -0.4 is 15.8 Å². The third kappa shape index (κ3) is 6.03. The SMILES string of the molecule is Cl.NCC(=O)NCC(=O)N1CCC(Oc2ccc(F)cc2)CC1. The second kappa shape index (κ2) is 9.32. The standard InChI is InChI=1S/C15H20FN3O3.ClH/c16-11-1-3-12(4-2-11)22-13-5-7-19(8-6-13)15(21)10-18-14(20)9-17;/h1-4,13H,5-10,17H2,(H,18,20);1H. The first-order valence-corrected chi connectivity index (χ1v) is 7.25. The minimum absolute atomic E-state index is 0. The monoisotopic (exact) mass is 345 g/mol. The van der Waals surface area contributed by atoms with E-state index in [1.807, 2.05) is 0 Å². The summed E-state index contributed by atoms with van der Waals surface area (Å²) < 4.78 is 18.6. The number of likely N-dealkylation sites (tertiary alicyclic amines) is 1. The molecule has 0 unspecified atom stereocenters. The fraction of sp³-hybridized carbons (Fsp3) is 0.467. The molecule has 0 bridgehead atoms. The maximum absolute atomic E-state index is 12.8. The summed E-state index contributed by atoms with van der Waals surface area (Å²) in [6.45, 7) is 0.993. The summed E-state index contributed by atoms with van der Waals surface area (Å²) in [5, 5.41) is 2.46. The molecule has 3 N–H and O–H groups in total. The van der Waals surface area contributed by atoms with E-state index in [2.05, 4.69) is 5.32 Å². The number of carbonyl (C=O) groups excluding carboxylic acids is 2. The molecule has 1 aliphatic heterocycles. The molecule has 1 saturated heterocycles. The van der Waals surface area contributed by atoms with E-state index in [1.54, 1.807) is 17.0 Å². The molecule has 1 fully saturated rings. The molecule has 0 saturated carbocycles. The van der Waals surface area contributed by atoms with E-state index in [0.29, 0.717) is 31.7 Å². The number of ether oxygens (including phenoxy) is 1. The lowest BCUT2D eigenvalue weighted by atomic mass is 10.1. The minimum atomic E-state index is -0.345. The van der Waals surface area contributed by atoms with E-state index in [1.165, 1.54) is 12.1 Å². The highest BCUT2D eigenvalue weighted by atomic mass is 35.5. The molecule has 6 nitrogen and oxygen atoms in total. The van der Waals surface area contributed by atoms with Crippen molar-refractivity contribution in [2.45, 2.75) is 18.9 Å². The van der Waals surface area contributed by atoms with Crippen molar-refractivity contribution in [3.63, 3.8) is 0 Å². The molecule has 8 heteroatoms. The number of nitrogens with one attached hydrogen (secondary N) is 1. The van der Waals surface area contributed by atoms with Crippen LogP contribution in [0.2, 0.25) is 0 Å². The zero-order valence-corrected chi connectivity index (χ0v) is 13.5. The highest BCUT2D eigenvalue weighted by Gasteiger charge is 2.23. The number of benzene rings is 1. The first kappa shape index (κ1) is 19.2. The third-order valence-corrected chi connectivity index (χ3v) is 3.53. The summed E-state index contributed by atoms with van der Waals surface area (Å²) in [7, 11) is 0. The zero-order valence-electron chi connectivity index (χ0n) is 12.7. The average Bonchev–Trinajstić information content (AvgIpc) is 2.55. The second-order valence-electron chi connectivity index (χ2n) is 5.13. The maximum Gasteiger partial charge on any atom is 0.241 e. The quantitative estimate of drug-likeness (QED) is 0.822. The van der Waals surface area contributed by atoms with Crippen molar-refractivity contribution >= 4 is 24.2 Å². The predicted molar refractivity (Wildman–Crippen MR) is 85.9 cm³/mol. The fourth-order valence-electron chi connectivity index (χ4n) is 2.29. The molecular formula is C15H21ClFN3O3. The smallest absolute Gasteiger partial charge is 0.241 e. The molecule has 1 aromatic rings. The van der Waals surface area contributed by atoms with Gasteiger partial charge in [0.1, 0.15) is 17.7 Å². The number of halogens is 2. The van der Waals surface area contributed by atoms with Crippen LogP contribution in [0.1, 0.15) is 12.8 Å². The molecule has 0 aromatic heterocycles. The molecule has 23 heavy (non-hydrogen) atoms. The van der Waals surface area contributed by atoms with E-state index in [9.17, 15) is 14.0 Å². The molecule has 1 aromatic carbocycles. The Kier molecular flexibility index (Phi) is 7.77. The molecule has 2 rings (SSSR count). The number of nitrogens with zero attached hydrogens (tertiary/aromatic N) is 1. The Bertz CT molecular complexity index is 519. The van der Waals surface area contributed by atoms with Crippen LogP contribution in [0.15, 0.2) is 24.3 Å². The highest BCUT2D eigenvalue weighted by molar-refractivity contribution is 5.85. The van der Waals surface area contributed by atoms with Gasteiger partial charge in [0, 0.05) is 25.9 Å². The Hall–Kier alpha value is -1.86. The van der Waals surface area contributed by atoms with Crippen molar-refractivity contribution < 1.29 is 18.7 Å². The van der Waals surface area contributed by atoms with Gasteiger partial charge in [0.15, 0.2) is 0 Å². The topological polar surface area (TPSA) is 84.7 Å². The average molecular weight is 346 g/mol. The fourth-order valence-corrected chi connectivity index (χ4v) is 2.29. The Labute approximate surface area is 140 Å². The summed E-state index contributed by atoms with van der Waals surface area (Å²) in [5.74, 6) is -0.140. The van der Waals surface area contributed by atoms with E-state index in [4.69, 9.17) is 10.5 Å². The summed E-state index contributed by atoms with van der Waals surface area (Å²) in [6.07, 6.45) is 1.41. The summed E-state index contributed by atoms with van der Waals surface area (Å²) in [6, 6.07) is 5.90. The van der Waals surface area contributed by atoms with Crippen molar-refractivity contribution in [3.05, 3.63) is 30.1 Å². The Morgan fingerprint density at radius 3 is 2.43 bits per heavy atom. The number of hydrogen-bond donors (Lipinski definition) is 2. The Morgan fingerprint density at radius 1 is 1.26 bits per heavy atom. The van der Waals surface area contributed by atoms with Crippen molar-refractivity contribution in [1.29, 1.82) is 0 Å². The second-order valence-corrected chi connectivity index (χ2v) is 5.13. The normalized spacial score (nSPS) is 14.8. The Morgan fingerprint density at radius 2 is 1.87 bits per heavy atom. The van der Waals surface area contributed by atoms with Crippen molar-refractivity contribution in [3.8, 4) is 5.75 Å². The lowest BCUT2D eigenvalue weighted by molar-refractivity contribution is -0.134. The van der Waals surface area contributed by atoms with E-state index in [0.717, 1.165) is 0 Å². The molecule has 2 amide bonds. The summed E-state index contributed by atoms with van der Waals surface area (Å²) >= 11 is 0. The number of rotatable bonds is 5. The van der Waals surface area contributed by atoms with Crippen LogP contribution in [0.25, 0.3) is 0 Å². The minimum Gasteiger partial charge on any atom is -0.490 e. The van der Waals surface area contributed by atoms with Gasteiger partial charge in [-0.1, -0.05) is 0 Å². The van der Waals surface area contributed by atoms with Gasteiger partial charge in [-0.3, -0.25) is 9.59 Å². The number of hydrogen-bond acceptors (Lipinski definition) is 4. The van der Waals surface area contributed by atoms with Crippen LogP contribution in [0.3, 0.4) is 0 Å². The van der Waals surface area contributed by atoms with Crippen LogP contribution in [-0.2, 0) is 9.59 Å². The van der Waals surface area contributed by atoms with Crippen molar-refractivity contribution in [2.75, 3.05) is 26.2 Å². The Balaban J connectivity index is 0.00000264. The molecule has 0 aliphatic carbocycles. The van der Waals surface area contributed by atoms with Gasteiger partial charge in [-0.25, -0.2) is 4.39 Å². The lowest BCUT2D eigenvalue weighted by Crippen LogP contribution is -2.46. The van der Waals surface area contributed by atoms with Crippen LogP contribution in [0.5, 0.6) is 5.75 Å². The van der Waals surface area contributed by atoms with Crippen molar-refractivity contribution in [2.24, 2.45) is 5.73 Å². The van der Waals surface area contributed by atoms with E-state index >= 15 is 0 Å².